The van der Waals surface area contributed by atoms with Crippen LogP contribution >= 0.6 is 0 Å². The largest absolute Gasteiger partial charge is 0.484 e. The van der Waals surface area contributed by atoms with Gasteiger partial charge in [0.1, 0.15) is 5.75 Å². The molecule has 0 aliphatic carbocycles. The zero-order valence-corrected chi connectivity index (χ0v) is 12.3. The quantitative estimate of drug-likeness (QED) is 0.781. The molecule has 0 N–H and O–H groups in total. The van der Waals surface area contributed by atoms with Crippen LogP contribution in [0, 0.1) is 0 Å². The Morgan fingerprint density at radius 1 is 1.10 bits per heavy atom. The minimum Gasteiger partial charge on any atom is -0.484 e. The highest BCUT2D eigenvalue weighted by molar-refractivity contribution is 5.89. The lowest BCUT2D eigenvalue weighted by Gasteiger charge is -2.26. The minimum absolute atomic E-state index is 0.0177. The molecule has 1 aliphatic heterocycles. The van der Waals surface area contributed by atoms with E-state index in [1.807, 2.05) is 4.90 Å². The lowest BCUT2D eigenvalue weighted by molar-refractivity contribution is -0.134. The molecular formula is C16H21NO4. The molecule has 0 atom stereocenters. The van der Waals surface area contributed by atoms with Crippen LogP contribution in [-0.2, 0) is 9.53 Å². The van der Waals surface area contributed by atoms with Crippen LogP contribution in [-0.4, -0.2) is 43.1 Å². The van der Waals surface area contributed by atoms with Crippen molar-refractivity contribution in [3.05, 3.63) is 29.8 Å². The van der Waals surface area contributed by atoms with Gasteiger partial charge in [-0.2, -0.15) is 0 Å². The zero-order valence-electron chi connectivity index (χ0n) is 12.3. The SMILES string of the molecule is CCOC(=O)c1ccc(OCC(=O)N2CCCCC2)cc1. The number of nitrogens with zero attached hydrogens (tertiary/aromatic N) is 1. The highest BCUT2D eigenvalue weighted by Gasteiger charge is 2.16. The maximum absolute atomic E-state index is 12.0. The molecule has 1 aromatic carbocycles. The fourth-order valence-electron chi connectivity index (χ4n) is 2.28. The molecule has 21 heavy (non-hydrogen) atoms. The Hall–Kier alpha value is -2.04. The van der Waals surface area contributed by atoms with E-state index in [1.54, 1.807) is 31.2 Å². The number of carbonyl (C=O) groups is 2. The minimum atomic E-state index is -0.353. The number of rotatable bonds is 5. The first-order chi connectivity index (χ1) is 10.2. The van der Waals surface area contributed by atoms with Crippen LogP contribution in [0.4, 0.5) is 0 Å². The topological polar surface area (TPSA) is 55.8 Å². The molecule has 1 aliphatic rings. The summed E-state index contributed by atoms with van der Waals surface area (Å²) in [5.74, 6) is 0.242. The molecule has 5 heteroatoms. The molecule has 114 valence electrons. The van der Waals surface area contributed by atoms with Crippen molar-refractivity contribution in [1.82, 2.24) is 4.90 Å². The van der Waals surface area contributed by atoms with Crippen molar-refractivity contribution in [2.75, 3.05) is 26.3 Å². The van der Waals surface area contributed by atoms with E-state index in [0.29, 0.717) is 17.9 Å². The molecule has 0 radical (unpaired) electrons. The predicted molar refractivity (Wildman–Crippen MR) is 78.3 cm³/mol. The van der Waals surface area contributed by atoms with E-state index in [4.69, 9.17) is 9.47 Å². The highest BCUT2D eigenvalue weighted by Crippen LogP contribution is 2.14. The summed E-state index contributed by atoms with van der Waals surface area (Å²) >= 11 is 0. The van der Waals surface area contributed by atoms with Crippen molar-refractivity contribution in [3.63, 3.8) is 0 Å². The third kappa shape index (κ3) is 4.48. The maximum Gasteiger partial charge on any atom is 0.338 e. The Labute approximate surface area is 124 Å². The maximum atomic E-state index is 12.0. The van der Waals surface area contributed by atoms with Gasteiger partial charge >= 0.3 is 5.97 Å². The summed E-state index contributed by atoms with van der Waals surface area (Å²) in [6, 6.07) is 6.63. The van der Waals surface area contributed by atoms with Gasteiger partial charge in [0.2, 0.25) is 0 Å². The van der Waals surface area contributed by atoms with Crippen LogP contribution in [0.2, 0.25) is 0 Å². The normalized spacial score (nSPS) is 14.6. The standard InChI is InChI=1S/C16H21NO4/c1-2-20-16(19)13-6-8-14(9-7-13)21-12-15(18)17-10-4-3-5-11-17/h6-9H,2-5,10-12H2,1H3. The Balaban J connectivity index is 1.83. The second kappa shape index (κ2) is 7.67. The van der Waals surface area contributed by atoms with E-state index in [0.717, 1.165) is 25.9 Å². The van der Waals surface area contributed by atoms with Crippen molar-refractivity contribution in [3.8, 4) is 5.75 Å². The molecule has 1 fully saturated rings. The summed E-state index contributed by atoms with van der Waals surface area (Å²) in [5.41, 5.74) is 0.478. The monoisotopic (exact) mass is 291 g/mol. The van der Waals surface area contributed by atoms with Crippen molar-refractivity contribution in [1.29, 1.82) is 0 Å². The van der Waals surface area contributed by atoms with E-state index in [1.165, 1.54) is 6.42 Å². The first kappa shape index (κ1) is 15.4. The summed E-state index contributed by atoms with van der Waals surface area (Å²) in [6.45, 7) is 3.80. The molecular weight excluding hydrogens is 270 g/mol. The van der Waals surface area contributed by atoms with E-state index in [2.05, 4.69) is 0 Å². The van der Waals surface area contributed by atoms with E-state index in [9.17, 15) is 9.59 Å². The number of amides is 1. The predicted octanol–water partition coefficient (Wildman–Crippen LogP) is 2.25. The van der Waals surface area contributed by atoms with Gasteiger partial charge in [-0.25, -0.2) is 4.79 Å². The van der Waals surface area contributed by atoms with Gasteiger partial charge in [0, 0.05) is 13.1 Å². The molecule has 1 aromatic rings. The van der Waals surface area contributed by atoms with Gasteiger partial charge in [-0.1, -0.05) is 0 Å². The molecule has 1 saturated heterocycles. The molecule has 5 nitrogen and oxygen atoms in total. The van der Waals surface area contributed by atoms with Crippen molar-refractivity contribution < 1.29 is 19.1 Å². The molecule has 0 unspecified atom stereocenters. The number of carbonyl (C=O) groups excluding carboxylic acids is 2. The van der Waals surface area contributed by atoms with Gasteiger partial charge in [0.05, 0.1) is 12.2 Å². The Kier molecular flexibility index (Phi) is 5.60. The smallest absolute Gasteiger partial charge is 0.338 e. The van der Waals surface area contributed by atoms with Crippen LogP contribution in [0.3, 0.4) is 0 Å². The number of ether oxygens (including phenoxy) is 2. The van der Waals surface area contributed by atoms with Crippen molar-refractivity contribution >= 4 is 11.9 Å². The van der Waals surface area contributed by atoms with Gasteiger partial charge in [-0.3, -0.25) is 4.79 Å². The summed E-state index contributed by atoms with van der Waals surface area (Å²) in [6.07, 6.45) is 3.33. The number of benzene rings is 1. The molecule has 1 heterocycles. The Bertz CT molecular complexity index is 478. The summed E-state index contributed by atoms with van der Waals surface area (Å²) < 4.78 is 10.4. The zero-order chi connectivity index (χ0) is 15.1. The van der Waals surface area contributed by atoms with Gasteiger partial charge in [0.25, 0.3) is 5.91 Å². The van der Waals surface area contributed by atoms with Gasteiger partial charge in [-0.15, -0.1) is 0 Å². The third-order valence-corrected chi connectivity index (χ3v) is 3.44. The molecule has 0 aromatic heterocycles. The van der Waals surface area contributed by atoms with Gasteiger partial charge in [0.15, 0.2) is 6.61 Å². The number of esters is 1. The average Bonchev–Trinajstić information content (AvgIpc) is 2.54. The Morgan fingerprint density at radius 3 is 2.38 bits per heavy atom. The number of hydrogen-bond donors (Lipinski definition) is 0. The van der Waals surface area contributed by atoms with Crippen LogP contribution in [0.1, 0.15) is 36.5 Å². The second-order valence-corrected chi connectivity index (χ2v) is 4.97. The molecule has 0 bridgehead atoms. The van der Waals surface area contributed by atoms with Crippen molar-refractivity contribution in [2.24, 2.45) is 0 Å². The fourth-order valence-corrected chi connectivity index (χ4v) is 2.28. The third-order valence-electron chi connectivity index (χ3n) is 3.44. The molecule has 2 rings (SSSR count). The summed E-state index contributed by atoms with van der Waals surface area (Å²) in [7, 11) is 0. The number of piperidine rings is 1. The lowest BCUT2D eigenvalue weighted by Crippen LogP contribution is -2.38. The molecule has 1 amide bonds. The molecule has 0 saturated carbocycles. The lowest BCUT2D eigenvalue weighted by atomic mass is 10.1. The van der Waals surface area contributed by atoms with Crippen molar-refractivity contribution in [2.45, 2.75) is 26.2 Å². The fraction of sp³-hybridized carbons (Fsp3) is 0.500. The first-order valence-corrected chi connectivity index (χ1v) is 7.38. The van der Waals surface area contributed by atoms with E-state index < -0.39 is 0 Å². The van der Waals surface area contributed by atoms with E-state index >= 15 is 0 Å². The van der Waals surface area contributed by atoms with E-state index in [-0.39, 0.29) is 18.5 Å². The summed E-state index contributed by atoms with van der Waals surface area (Å²) in [4.78, 5) is 25.3. The van der Waals surface area contributed by atoms with Crippen LogP contribution < -0.4 is 4.74 Å². The van der Waals surface area contributed by atoms with Gasteiger partial charge < -0.3 is 14.4 Å². The Morgan fingerprint density at radius 2 is 1.76 bits per heavy atom. The van der Waals surface area contributed by atoms with Gasteiger partial charge in [-0.05, 0) is 50.5 Å². The first-order valence-electron chi connectivity index (χ1n) is 7.38. The number of likely N-dealkylation sites (tertiary alicyclic amines) is 1. The molecule has 0 spiro atoms. The van der Waals surface area contributed by atoms with Crippen LogP contribution in [0.15, 0.2) is 24.3 Å². The van der Waals surface area contributed by atoms with Crippen LogP contribution in [0.5, 0.6) is 5.75 Å². The number of hydrogen-bond acceptors (Lipinski definition) is 4. The highest BCUT2D eigenvalue weighted by atomic mass is 16.5. The second-order valence-electron chi connectivity index (χ2n) is 4.97. The average molecular weight is 291 g/mol. The van der Waals surface area contributed by atoms with Crippen LogP contribution in [0.25, 0.3) is 0 Å². The summed E-state index contributed by atoms with van der Waals surface area (Å²) in [5, 5.41) is 0.